The first-order valence-electron chi connectivity index (χ1n) is 7.29. The molecule has 3 atom stereocenters. The van der Waals surface area contributed by atoms with E-state index in [9.17, 15) is 4.79 Å². The van der Waals surface area contributed by atoms with E-state index < -0.39 is 0 Å². The molecule has 3 heterocycles. The summed E-state index contributed by atoms with van der Waals surface area (Å²) >= 11 is 2.01. The van der Waals surface area contributed by atoms with E-state index in [0.717, 1.165) is 44.6 Å². The number of hydrogen-bond acceptors (Lipinski definition) is 3. The molecule has 1 amide bonds. The van der Waals surface area contributed by atoms with Crippen molar-refractivity contribution in [3.63, 3.8) is 0 Å². The summed E-state index contributed by atoms with van der Waals surface area (Å²) in [6, 6.07) is 0. The normalized spacial score (nSPS) is 41.7. The number of hydrogen-bond donors (Lipinski definition) is 1. The van der Waals surface area contributed by atoms with Gasteiger partial charge in [0.15, 0.2) is 0 Å². The van der Waals surface area contributed by atoms with Crippen LogP contribution >= 0.6 is 11.8 Å². The Morgan fingerprint density at radius 1 is 1.33 bits per heavy atom. The van der Waals surface area contributed by atoms with Crippen molar-refractivity contribution < 1.29 is 9.53 Å². The summed E-state index contributed by atoms with van der Waals surface area (Å²) in [6.45, 7) is 1.73. The topological polar surface area (TPSA) is 38.3 Å². The molecule has 18 heavy (non-hydrogen) atoms. The standard InChI is InChI=1S/C14H23NO2S/c16-13-12(3-1-2-6-15-13)11-4-7-17-14(9-11)5-8-18-10-14/h11-12H,1-10H2,(H,15,16). The Morgan fingerprint density at radius 3 is 3.11 bits per heavy atom. The average molecular weight is 269 g/mol. The van der Waals surface area contributed by atoms with Gasteiger partial charge in [-0.1, -0.05) is 6.42 Å². The first-order chi connectivity index (χ1) is 8.79. The number of carbonyl (C=O) groups is 1. The molecular weight excluding hydrogens is 246 g/mol. The fourth-order valence-electron chi connectivity index (χ4n) is 3.69. The van der Waals surface area contributed by atoms with Crippen LogP contribution in [0.2, 0.25) is 0 Å². The van der Waals surface area contributed by atoms with Crippen molar-refractivity contribution in [1.29, 1.82) is 0 Å². The van der Waals surface area contributed by atoms with E-state index in [-0.39, 0.29) is 11.5 Å². The van der Waals surface area contributed by atoms with E-state index in [2.05, 4.69) is 5.32 Å². The highest BCUT2D eigenvalue weighted by Gasteiger charge is 2.43. The summed E-state index contributed by atoms with van der Waals surface area (Å²) in [5, 5.41) is 3.09. The lowest BCUT2D eigenvalue weighted by Gasteiger charge is -2.40. The van der Waals surface area contributed by atoms with Crippen LogP contribution in [0.15, 0.2) is 0 Å². The predicted molar refractivity (Wildman–Crippen MR) is 73.7 cm³/mol. The van der Waals surface area contributed by atoms with Crippen LogP contribution in [-0.2, 0) is 9.53 Å². The van der Waals surface area contributed by atoms with Gasteiger partial charge < -0.3 is 10.1 Å². The van der Waals surface area contributed by atoms with Crippen LogP contribution < -0.4 is 5.32 Å². The molecule has 0 aromatic carbocycles. The zero-order chi connectivity index (χ0) is 12.4. The maximum absolute atomic E-state index is 12.2. The molecule has 3 aliphatic rings. The Labute approximate surface area is 113 Å². The monoisotopic (exact) mass is 269 g/mol. The van der Waals surface area contributed by atoms with E-state index in [1.165, 1.54) is 18.6 Å². The van der Waals surface area contributed by atoms with Crippen molar-refractivity contribution in [2.75, 3.05) is 24.7 Å². The van der Waals surface area contributed by atoms with Gasteiger partial charge >= 0.3 is 0 Å². The molecule has 1 N–H and O–H groups in total. The summed E-state index contributed by atoms with van der Waals surface area (Å²) in [4.78, 5) is 12.2. The molecule has 0 aromatic heterocycles. The number of ether oxygens (including phenoxy) is 1. The highest BCUT2D eigenvalue weighted by molar-refractivity contribution is 7.99. The molecule has 3 nitrogen and oxygen atoms in total. The van der Waals surface area contributed by atoms with Gasteiger partial charge in [0.05, 0.1) is 5.60 Å². The molecule has 3 aliphatic heterocycles. The van der Waals surface area contributed by atoms with Crippen LogP contribution in [0.4, 0.5) is 0 Å². The molecule has 0 saturated carbocycles. The van der Waals surface area contributed by atoms with Crippen LogP contribution in [0, 0.1) is 11.8 Å². The quantitative estimate of drug-likeness (QED) is 0.793. The van der Waals surface area contributed by atoms with Gasteiger partial charge in [-0.3, -0.25) is 4.79 Å². The Balaban J connectivity index is 1.68. The highest BCUT2D eigenvalue weighted by atomic mass is 32.2. The van der Waals surface area contributed by atoms with Crippen molar-refractivity contribution in [2.24, 2.45) is 11.8 Å². The first kappa shape index (κ1) is 12.8. The summed E-state index contributed by atoms with van der Waals surface area (Å²) < 4.78 is 6.06. The van der Waals surface area contributed by atoms with Gasteiger partial charge in [0.1, 0.15) is 0 Å². The largest absolute Gasteiger partial charge is 0.374 e. The molecule has 3 rings (SSSR count). The molecule has 0 aliphatic carbocycles. The molecule has 102 valence electrons. The van der Waals surface area contributed by atoms with Gasteiger partial charge in [-0.25, -0.2) is 0 Å². The fourth-order valence-corrected chi connectivity index (χ4v) is 5.06. The van der Waals surface area contributed by atoms with Gasteiger partial charge in [0, 0.05) is 24.8 Å². The van der Waals surface area contributed by atoms with E-state index in [4.69, 9.17) is 4.74 Å². The van der Waals surface area contributed by atoms with Crippen molar-refractivity contribution in [3.05, 3.63) is 0 Å². The second kappa shape index (κ2) is 5.41. The highest BCUT2D eigenvalue weighted by Crippen LogP contribution is 2.43. The van der Waals surface area contributed by atoms with Crippen molar-refractivity contribution >= 4 is 17.7 Å². The van der Waals surface area contributed by atoms with Gasteiger partial charge in [-0.15, -0.1) is 0 Å². The predicted octanol–water partition coefficient (Wildman–Crippen LogP) is 2.21. The lowest BCUT2D eigenvalue weighted by atomic mass is 9.76. The van der Waals surface area contributed by atoms with Crippen LogP contribution in [0.3, 0.4) is 0 Å². The third-order valence-electron chi connectivity index (χ3n) is 4.75. The number of carbonyl (C=O) groups excluding carboxylic acids is 1. The molecular formula is C14H23NO2S. The third kappa shape index (κ3) is 2.55. The van der Waals surface area contributed by atoms with Crippen molar-refractivity contribution in [3.8, 4) is 0 Å². The molecule has 3 saturated heterocycles. The summed E-state index contributed by atoms with van der Waals surface area (Å²) in [7, 11) is 0. The molecule has 0 radical (unpaired) electrons. The lowest BCUT2D eigenvalue weighted by Crippen LogP contribution is -2.44. The van der Waals surface area contributed by atoms with Gasteiger partial charge in [-0.05, 0) is 43.8 Å². The lowest BCUT2D eigenvalue weighted by molar-refractivity contribution is -0.132. The van der Waals surface area contributed by atoms with E-state index >= 15 is 0 Å². The van der Waals surface area contributed by atoms with Crippen molar-refractivity contribution in [1.82, 2.24) is 5.32 Å². The maximum Gasteiger partial charge on any atom is 0.223 e. The minimum Gasteiger partial charge on any atom is -0.374 e. The van der Waals surface area contributed by atoms with Gasteiger partial charge in [-0.2, -0.15) is 11.8 Å². The minimum absolute atomic E-state index is 0.111. The average Bonchev–Trinajstić information content (AvgIpc) is 2.70. The molecule has 0 bridgehead atoms. The van der Waals surface area contributed by atoms with E-state index in [0.29, 0.717) is 11.8 Å². The molecule has 1 spiro atoms. The van der Waals surface area contributed by atoms with Crippen LogP contribution in [0.25, 0.3) is 0 Å². The number of amides is 1. The zero-order valence-electron chi connectivity index (χ0n) is 11.0. The van der Waals surface area contributed by atoms with E-state index in [1.807, 2.05) is 11.8 Å². The first-order valence-corrected chi connectivity index (χ1v) is 8.44. The molecule has 0 aromatic rings. The smallest absolute Gasteiger partial charge is 0.223 e. The third-order valence-corrected chi connectivity index (χ3v) is 5.97. The second-order valence-electron chi connectivity index (χ2n) is 5.98. The minimum atomic E-state index is 0.111. The Kier molecular flexibility index (Phi) is 3.85. The number of thioether (sulfide) groups is 1. The maximum atomic E-state index is 12.2. The van der Waals surface area contributed by atoms with Gasteiger partial charge in [0.2, 0.25) is 5.91 Å². The Bertz CT molecular complexity index is 315. The Hall–Kier alpha value is -0.220. The second-order valence-corrected chi connectivity index (χ2v) is 7.09. The Morgan fingerprint density at radius 2 is 2.28 bits per heavy atom. The van der Waals surface area contributed by atoms with Crippen LogP contribution in [0.5, 0.6) is 0 Å². The number of rotatable bonds is 1. The molecule has 4 heteroatoms. The van der Waals surface area contributed by atoms with Crippen LogP contribution in [0.1, 0.15) is 38.5 Å². The summed E-state index contributed by atoms with van der Waals surface area (Å²) in [5.74, 6) is 3.47. The van der Waals surface area contributed by atoms with Crippen molar-refractivity contribution in [2.45, 2.75) is 44.1 Å². The van der Waals surface area contributed by atoms with E-state index in [1.54, 1.807) is 0 Å². The van der Waals surface area contributed by atoms with Crippen LogP contribution in [-0.4, -0.2) is 36.2 Å². The number of nitrogens with one attached hydrogen (secondary N) is 1. The molecule has 3 unspecified atom stereocenters. The SMILES string of the molecule is O=C1NCCCCC1C1CCOC2(CCSC2)C1. The molecule has 3 fully saturated rings. The fraction of sp³-hybridized carbons (Fsp3) is 0.929. The summed E-state index contributed by atoms with van der Waals surface area (Å²) in [5.41, 5.74) is 0.111. The summed E-state index contributed by atoms with van der Waals surface area (Å²) in [6.07, 6.45) is 6.79. The zero-order valence-corrected chi connectivity index (χ0v) is 11.8. The van der Waals surface area contributed by atoms with Gasteiger partial charge in [0.25, 0.3) is 0 Å².